The van der Waals surface area contributed by atoms with Gasteiger partial charge in [-0.25, -0.2) is 13.2 Å². The molecule has 0 amide bonds. The maximum Gasteiger partial charge on any atom is 0.328 e. The molecule has 0 bridgehead atoms. The fraction of sp³-hybridized carbons (Fsp3) is 0. The summed E-state index contributed by atoms with van der Waals surface area (Å²) in [5.74, 6) is -1.06. The highest BCUT2D eigenvalue weighted by atomic mass is 79.9. The summed E-state index contributed by atoms with van der Waals surface area (Å²) in [6.07, 6.45) is 2.38. The summed E-state index contributed by atoms with van der Waals surface area (Å²) in [6.45, 7) is 0. The fourth-order valence-corrected chi connectivity index (χ4v) is 3.27. The lowest BCUT2D eigenvalue weighted by Crippen LogP contribution is -2.13. The highest BCUT2D eigenvalue weighted by Gasteiger charge is 2.15. The highest BCUT2D eigenvalue weighted by molar-refractivity contribution is 9.10. The van der Waals surface area contributed by atoms with Crippen LogP contribution in [0, 0.1) is 0 Å². The van der Waals surface area contributed by atoms with Gasteiger partial charge >= 0.3 is 5.97 Å². The van der Waals surface area contributed by atoms with Crippen molar-refractivity contribution >= 4 is 43.7 Å². The van der Waals surface area contributed by atoms with Crippen LogP contribution in [0.25, 0.3) is 6.08 Å². The second-order valence-electron chi connectivity index (χ2n) is 4.33. The zero-order valence-electron chi connectivity index (χ0n) is 11.2. The van der Waals surface area contributed by atoms with E-state index in [9.17, 15) is 13.2 Å². The van der Waals surface area contributed by atoms with Crippen LogP contribution in [0.5, 0.6) is 0 Å². The third-order valence-electron chi connectivity index (χ3n) is 2.73. The quantitative estimate of drug-likeness (QED) is 0.777. The van der Waals surface area contributed by atoms with Gasteiger partial charge in [-0.05, 0) is 51.8 Å². The molecular formula is C15H12BrNO4S. The summed E-state index contributed by atoms with van der Waals surface area (Å²) >= 11 is 3.28. The van der Waals surface area contributed by atoms with Gasteiger partial charge in [-0.15, -0.1) is 0 Å². The van der Waals surface area contributed by atoms with Crippen molar-refractivity contribution in [2.24, 2.45) is 0 Å². The molecule has 0 unspecified atom stereocenters. The maximum atomic E-state index is 12.3. The number of para-hydroxylation sites is 1. The van der Waals surface area contributed by atoms with Crippen molar-refractivity contribution in [1.82, 2.24) is 0 Å². The average Bonchev–Trinajstić information content (AvgIpc) is 2.48. The molecule has 5 nitrogen and oxygen atoms in total. The van der Waals surface area contributed by atoms with Crippen LogP contribution in [0.3, 0.4) is 0 Å². The molecule has 2 rings (SSSR count). The van der Waals surface area contributed by atoms with Gasteiger partial charge in [-0.3, -0.25) is 4.72 Å². The van der Waals surface area contributed by atoms with Crippen molar-refractivity contribution < 1.29 is 18.3 Å². The zero-order chi connectivity index (χ0) is 16.2. The highest BCUT2D eigenvalue weighted by Crippen LogP contribution is 2.24. The van der Waals surface area contributed by atoms with E-state index in [1.165, 1.54) is 30.3 Å². The van der Waals surface area contributed by atoms with Crippen molar-refractivity contribution in [2.75, 3.05) is 4.72 Å². The Hall–Kier alpha value is -2.12. The minimum Gasteiger partial charge on any atom is -0.478 e. The topological polar surface area (TPSA) is 83.5 Å². The van der Waals surface area contributed by atoms with E-state index >= 15 is 0 Å². The number of rotatable bonds is 5. The molecule has 0 spiro atoms. The molecule has 7 heteroatoms. The lowest BCUT2D eigenvalue weighted by atomic mass is 10.2. The van der Waals surface area contributed by atoms with Gasteiger partial charge in [0.05, 0.1) is 10.6 Å². The molecule has 0 atom stereocenters. The fourth-order valence-electron chi connectivity index (χ4n) is 1.67. The second-order valence-corrected chi connectivity index (χ2v) is 6.86. The lowest BCUT2D eigenvalue weighted by molar-refractivity contribution is -0.131. The first-order valence-electron chi connectivity index (χ1n) is 6.17. The smallest absolute Gasteiger partial charge is 0.328 e. The van der Waals surface area contributed by atoms with Crippen molar-refractivity contribution in [3.05, 3.63) is 64.6 Å². The number of hydrogen-bond donors (Lipinski definition) is 2. The van der Waals surface area contributed by atoms with E-state index in [4.69, 9.17) is 5.11 Å². The van der Waals surface area contributed by atoms with Crippen molar-refractivity contribution in [3.8, 4) is 0 Å². The number of carboxylic acid groups (broad SMARTS) is 1. The van der Waals surface area contributed by atoms with E-state index in [2.05, 4.69) is 20.7 Å². The Bertz CT molecular complexity index is 814. The third kappa shape index (κ3) is 4.19. The van der Waals surface area contributed by atoms with Gasteiger partial charge < -0.3 is 5.11 Å². The first kappa shape index (κ1) is 16.3. The molecule has 22 heavy (non-hydrogen) atoms. The third-order valence-corrected chi connectivity index (χ3v) is 4.80. The Morgan fingerprint density at radius 3 is 2.32 bits per heavy atom. The van der Waals surface area contributed by atoms with Crippen LogP contribution in [-0.2, 0) is 14.8 Å². The summed E-state index contributed by atoms with van der Waals surface area (Å²) in [5, 5.41) is 8.55. The molecule has 0 fully saturated rings. The van der Waals surface area contributed by atoms with Crippen LogP contribution in [0.1, 0.15) is 5.56 Å². The number of anilines is 1. The predicted octanol–water partition coefficient (Wildman–Crippen LogP) is 3.35. The first-order valence-corrected chi connectivity index (χ1v) is 8.44. The maximum absolute atomic E-state index is 12.3. The van der Waals surface area contributed by atoms with Crippen LogP contribution >= 0.6 is 15.9 Å². The Kier molecular flexibility index (Phi) is 4.99. The van der Waals surface area contributed by atoms with Gasteiger partial charge in [0.2, 0.25) is 0 Å². The second kappa shape index (κ2) is 6.76. The van der Waals surface area contributed by atoms with Gasteiger partial charge in [0.1, 0.15) is 0 Å². The number of aliphatic carboxylic acids is 1. The number of carbonyl (C=O) groups is 1. The van der Waals surface area contributed by atoms with E-state index < -0.39 is 16.0 Å². The van der Waals surface area contributed by atoms with E-state index in [0.717, 1.165) is 6.08 Å². The number of hydrogen-bond acceptors (Lipinski definition) is 3. The van der Waals surface area contributed by atoms with Crippen LogP contribution in [0.2, 0.25) is 0 Å². The van der Waals surface area contributed by atoms with Crippen LogP contribution in [-0.4, -0.2) is 19.5 Å². The summed E-state index contributed by atoms with van der Waals surface area (Å²) < 4.78 is 27.7. The summed E-state index contributed by atoms with van der Waals surface area (Å²) in [7, 11) is -3.70. The van der Waals surface area contributed by atoms with Gasteiger partial charge in [0.25, 0.3) is 10.0 Å². The Labute approximate surface area is 136 Å². The van der Waals surface area contributed by atoms with Gasteiger partial charge in [0, 0.05) is 10.5 Å². The minimum atomic E-state index is -3.70. The average molecular weight is 382 g/mol. The number of nitrogens with one attached hydrogen (secondary N) is 1. The summed E-state index contributed by atoms with van der Waals surface area (Å²) in [6, 6.07) is 12.8. The Morgan fingerprint density at radius 2 is 1.73 bits per heavy atom. The largest absolute Gasteiger partial charge is 0.478 e. The molecule has 2 aromatic rings. The van der Waals surface area contributed by atoms with Gasteiger partial charge in [0.15, 0.2) is 0 Å². The number of carboxylic acids is 1. The van der Waals surface area contributed by atoms with Crippen molar-refractivity contribution in [3.63, 3.8) is 0 Å². The summed E-state index contributed by atoms with van der Waals surface area (Å²) in [5.41, 5.74) is 1.04. The van der Waals surface area contributed by atoms with Crippen molar-refractivity contribution in [1.29, 1.82) is 0 Å². The van der Waals surface area contributed by atoms with E-state index in [1.807, 2.05) is 0 Å². The molecule has 2 N–H and O–H groups in total. The normalized spacial score (nSPS) is 11.5. The van der Waals surface area contributed by atoms with Gasteiger partial charge in [-0.1, -0.05) is 24.3 Å². The Morgan fingerprint density at radius 1 is 1.09 bits per heavy atom. The molecule has 0 saturated heterocycles. The molecule has 0 aliphatic heterocycles. The number of benzene rings is 2. The molecule has 0 aromatic heterocycles. The molecular weight excluding hydrogens is 370 g/mol. The molecule has 0 radical (unpaired) electrons. The standard InChI is InChI=1S/C15H12BrNO4S/c16-13-3-1-2-4-14(13)17-22(20,21)12-8-5-11(6-9-12)7-10-15(18)19/h1-10,17H,(H,18,19)/b10-7+. The lowest BCUT2D eigenvalue weighted by Gasteiger charge is -2.09. The van der Waals surface area contributed by atoms with Crippen LogP contribution in [0.4, 0.5) is 5.69 Å². The van der Waals surface area contributed by atoms with E-state index in [0.29, 0.717) is 15.7 Å². The Balaban J connectivity index is 2.23. The molecule has 0 aliphatic rings. The molecule has 0 aliphatic carbocycles. The monoisotopic (exact) mass is 381 g/mol. The summed E-state index contributed by atoms with van der Waals surface area (Å²) in [4.78, 5) is 10.5. The zero-order valence-corrected chi connectivity index (χ0v) is 13.6. The number of sulfonamides is 1. The van der Waals surface area contributed by atoms with Crippen LogP contribution in [0.15, 0.2) is 64.0 Å². The first-order chi connectivity index (χ1) is 10.4. The minimum absolute atomic E-state index is 0.0933. The van der Waals surface area contributed by atoms with Crippen molar-refractivity contribution in [2.45, 2.75) is 4.90 Å². The van der Waals surface area contributed by atoms with Crippen LogP contribution < -0.4 is 4.72 Å². The molecule has 0 saturated carbocycles. The predicted molar refractivity (Wildman–Crippen MR) is 88.1 cm³/mol. The van der Waals surface area contributed by atoms with E-state index in [-0.39, 0.29) is 4.90 Å². The SMILES string of the molecule is O=C(O)/C=C/c1ccc(S(=O)(=O)Nc2ccccc2Br)cc1. The van der Waals surface area contributed by atoms with Gasteiger partial charge in [-0.2, -0.15) is 0 Å². The molecule has 114 valence electrons. The molecule has 2 aromatic carbocycles. The number of halogens is 1. The van der Waals surface area contributed by atoms with E-state index in [1.54, 1.807) is 24.3 Å². The molecule has 0 heterocycles.